The summed E-state index contributed by atoms with van der Waals surface area (Å²) < 4.78 is 14.0. The highest BCUT2D eigenvalue weighted by Gasteiger charge is 2.27. The summed E-state index contributed by atoms with van der Waals surface area (Å²) >= 11 is 0. The number of anilines is 2. The van der Waals surface area contributed by atoms with Crippen molar-refractivity contribution in [1.82, 2.24) is 15.0 Å². The lowest BCUT2D eigenvalue weighted by atomic mass is 10.2. The van der Waals surface area contributed by atoms with Gasteiger partial charge >= 0.3 is 5.97 Å². The normalized spacial score (nSPS) is 14.0. The average molecular weight is 412 g/mol. The molecule has 1 N–H and O–H groups in total. The molecule has 1 aromatic heterocycles. The predicted molar refractivity (Wildman–Crippen MR) is 106 cm³/mol. The summed E-state index contributed by atoms with van der Waals surface area (Å²) in [4.78, 5) is 26.9. The minimum absolute atomic E-state index is 0.151. The van der Waals surface area contributed by atoms with E-state index in [0.29, 0.717) is 31.9 Å². The van der Waals surface area contributed by atoms with Gasteiger partial charge in [0.05, 0.1) is 16.3 Å². The van der Waals surface area contributed by atoms with Crippen LogP contribution in [0.15, 0.2) is 48.5 Å². The number of nitro groups is 1. The Bertz CT molecular complexity index is 1110. The number of aromatic carboxylic acids is 1. The summed E-state index contributed by atoms with van der Waals surface area (Å²) in [6.07, 6.45) is 0. The average Bonchev–Trinajstić information content (AvgIpc) is 3.20. The summed E-state index contributed by atoms with van der Waals surface area (Å²) in [5, 5.41) is 28.9. The molecule has 0 bridgehead atoms. The molecule has 0 amide bonds. The Morgan fingerprint density at radius 3 is 2.40 bits per heavy atom. The third-order valence-electron chi connectivity index (χ3n) is 4.84. The van der Waals surface area contributed by atoms with Gasteiger partial charge in [-0.25, -0.2) is 9.18 Å². The van der Waals surface area contributed by atoms with Crippen molar-refractivity contribution in [2.24, 2.45) is 0 Å². The van der Waals surface area contributed by atoms with Crippen LogP contribution >= 0.6 is 0 Å². The number of nitrogens with zero attached hydrogens (tertiary/aromatic N) is 6. The van der Waals surface area contributed by atoms with Crippen LogP contribution in [0.25, 0.3) is 5.69 Å². The van der Waals surface area contributed by atoms with Crippen LogP contribution in [0.4, 0.5) is 21.6 Å². The van der Waals surface area contributed by atoms with E-state index in [0.717, 1.165) is 4.80 Å². The van der Waals surface area contributed by atoms with E-state index in [9.17, 15) is 24.4 Å². The lowest BCUT2D eigenvalue weighted by Crippen LogP contribution is -2.47. The van der Waals surface area contributed by atoms with Crippen molar-refractivity contribution >= 4 is 23.2 Å². The van der Waals surface area contributed by atoms with Crippen molar-refractivity contribution < 1.29 is 19.2 Å². The first-order valence-corrected chi connectivity index (χ1v) is 9.14. The molecule has 2 aromatic carbocycles. The minimum Gasteiger partial charge on any atom is -0.476 e. The predicted octanol–water partition coefficient (Wildman–Crippen LogP) is 2.34. The van der Waals surface area contributed by atoms with Gasteiger partial charge in [-0.15, -0.1) is 15.0 Å². The van der Waals surface area contributed by atoms with Crippen LogP contribution in [0.2, 0.25) is 0 Å². The smallest absolute Gasteiger partial charge is 0.360 e. The van der Waals surface area contributed by atoms with Gasteiger partial charge in [0.2, 0.25) is 5.69 Å². The number of carboxylic acid groups (broad SMARTS) is 1. The van der Waals surface area contributed by atoms with Crippen LogP contribution in [0.1, 0.15) is 10.5 Å². The number of benzene rings is 2. The molecule has 1 fully saturated rings. The molecule has 3 aromatic rings. The van der Waals surface area contributed by atoms with Crippen LogP contribution in [-0.2, 0) is 0 Å². The molecule has 30 heavy (non-hydrogen) atoms. The molecule has 1 aliphatic heterocycles. The first-order valence-electron chi connectivity index (χ1n) is 9.14. The molecule has 1 aliphatic rings. The lowest BCUT2D eigenvalue weighted by molar-refractivity contribution is -0.384. The molecule has 10 nitrogen and oxygen atoms in total. The summed E-state index contributed by atoms with van der Waals surface area (Å²) in [7, 11) is 0. The number of carbonyl (C=O) groups is 1. The van der Waals surface area contributed by atoms with Crippen molar-refractivity contribution in [3.8, 4) is 5.69 Å². The third kappa shape index (κ3) is 3.64. The van der Waals surface area contributed by atoms with Crippen LogP contribution in [-0.4, -0.2) is 57.2 Å². The van der Waals surface area contributed by atoms with Gasteiger partial charge in [0.25, 0.3) is 5.69 Å². The van der Waals surface area contributed by atoms with E-state index in [1.54, 1.807) is 29.2 Å². The molecule has 0 unspecified atom stereocenters. The summed E-state index contributed by atoms with van der Waals surface area (Å²) in [6.45, 7) is 1.79. The first-order chi connectivity index (χ1) is 14.4. The zero-order chi connectivity index (χ0) is 21.3. The second kappa shape index (κ2) is 7.78. The quantitative estimate of drug-likeness (QED) is 0.501. The molecule has 1 saturated heterocycles. The second-order valence-electron chi connectivity index (χ2n) is 6.67. The van der Waals surface area contributed by atoms with Crippen molar-refractivity contribution in [2.45, 2.75) is 0 Å². The standard InChI is InChI=1S/C19H17FN6O4/c20-15-6-1-2-7-16(15)23-8-10-24(11-9-23)18-17(19(27)28)21-25(22-18)13-4-3-5-14(12-13)26(29)30/h1-7,12H,8-11H2,(H,27,28). The Labute approximate surface area is 169 Å². The molecule has 0 atom stereocenters. The van der Waals surface area contributed by atoms with Crippen molar-refractivity contribution in [1.29, 1.82) is 0 Å². The van der Waals surface area contributed by atoms with E-state index >= 15 is 0 Å². The van der Waals surface area contributed by atoms with E-state index in [1.807, 2.05) is 4.90 Å². The highest BCUT2D eigenvalue weighted by Crippen LogP contribution is 2.25. The number of nitro benzene ring substituents is 1. The van der Waals surface area contributed by atoms with Crippen LogP contribution < -0.4 is 9.80 Å². The number of non-ortho nitro benzene ring substituents is 1. The highest BCUT2D eigenvalue weighted by molar-refractivity contribution is 5.91. The molecule has 11 heteroatoms. The van der Waals surface area contributed by atoms with Gasteiger partial charge in [0.15, 0.2) is 5.82 Å². The number of halogens is 1. The van der Waals surface area contributed by atoms with Gasteiger partial charge in [-0.3, -0.25) is 10.1 Å². The third-order valence-corrected chi connectivity index (χ3v) is 4.84. The largest absolute Gasteiger partial charge is 0.476 e. The van der Waals surface area contributed by atoms with E-state index in [4.69, 9.17) is 0 Å². The molecule has 0 aliphatic carbocycles. The first kappa shape index (κ1) is 19.3. The Balaban J connectivity index is 1.59. The number of carboxylic acids is 1. The number of rotatable bonds is 5. The minimum atomic E-state index is -1.25. The molecule has 4 rings (SSSR count). The summed E-state index contributed by atoms with van der Waals surface area (Å²) in [6, 6.07) is 12.1. The van der Waals surface area contributed by atoms with Gasteiger partial charge in [-0.1, -0.05) is 18.2 Å². The zero-order valence-electron chi connectivity index (χ0n) is 15.7. The van der Waals surface area contributed by atoms with Crippen LogP contribution in [0.5, 0.6) is 0 Å². The molecule has 0 saturated carbocycles. The van der Waals surface area contributed by atoms with E-state index in [1.165, 1.54) is 24.3 Å². The van der Waals surface area contributed by atoms with E-state index in [-0.39, 0.29) is 28.7 Å². The fraction of sp³-hybridized carbons (Fsp3) is 0.211. The number of hydrogen-bond donors (Lipinski definition) is 1. The van der Waals surface area contributed by atoms with Gasteiger partial charge < -0.3 is 14.9 Å². The maximum atomic E-state index is 14.0. The maximum Gasteiger partial charge on any atom is 0.360 e. The van der Waals surface area contributed by atoms with Crippen molar-refractivity contribution in [2.75, 3.05) is 36.0 Å². The van der Waals surface area contributed by atoms with E-state index < -0.39 is 10.9 Å². The summed E-state index contributed by atoms with van der Waals surface area (Å²) in [5.74, 6) is -1.39. The van der Waals surface area contributed by atoms with Crippen molar-refractivity contribution in [3.05, 3.63) is 70.2 Å². The van der Waals surface area contributed by atoms with Gasteiger partial charge in [0, 0.05) is 38.3 Å². The SMILES string of the molecule is O=C(O)c1nn(-c2cccc([N+](=O)[O-])c2)nc1N1CCN(c2ccccc2F)CC1. The van der Waals surface area contributed by atoms with Crippen molar-refractivity contribution in [3.63, 3.8) is 0 Å². The lowest BCUT2D eigenvalue weighted by Gasteiger charge is -2.36. The molecule has 0 radical (unpaired) electrons. The highest BCUT2D eigenvalue weighted by atomic mass is 19.1. The van der Waals surface area contributed by atoms with Gasteiger partial charge in [-0.05, 0) is 18.2 Å². The van der Waals surface area contributed by atoms with Gasteiger partial charge in [0.1, 0.15) is 5.82 Å². The Morgan fingerprint density at radius 2 is 1.73 bits per heavy atom. The fourth-order valence-corrected chi connectivity index (χ4v) is 3.36. The van der Waals surface area contributed by atoms with Crippen LogP contribution in [0, 0.1) is 15.9 Å². The molecule has 0 spiro atoms. The van der Waals surface area contributed by atoms with Gasteiger partial charge in [-0.2, -0.15) is 0 Å². The monoisotopic (exact) mass is 412 g/mol. The molecular weight excluding hydrogens is 395 g/mol. The Morgan fingerprint density at radius 1 is 1.03 bits per heavy atom. The maximum absolute atomic E-state index is 14.0. The molecule has 154 valence electrons. The number of para-hydroxylation sites is 1. The molecule has 2 heterocycles. The number of hydrogen-bond acceptors (Lipinski definition) is 7. The Kier molecular flexibility index (Phi) is 5.00. The van der Waals surface area contributed by atoms with E-state index in [2.05, 4.69) is 10.2 Å². The number of aromatic nitrogens is 3. The van der Waals surface area contributed by atoms with Crippen LogP contribution in [0.3, 0.4) is 0 Å². The topological polar surface area (TPSA) is 118 Å². The second-order valence-corrected chi connectivity index (χ2v) is 6.67. The molecular formula is C19H17FN6O4. The zero-order valence-corrected chi connectivity index (χ0v) is 15.7. The Hall–Kier alpha value is -4.02. The fourth-order valence-electron chi connectivity index (χ4n) is 3.36. The number of piperazine rings is 1. The summed E-state index contributed by atoms with van der Waals surface area (Å²) in [5.41, 5.74) is 0.376.